The Balaban J connectivity index is 2.11. The Morgan fingerprint density at radius 2 is 2.40 bits per heavy atom. The summed E-state index contributed by atoms with van der Waals surface area (Å²) < 4.78 is 5.59. The number of nitrogens with two attached hydrogens (primary N) is 1. The highest BCUT2D eigenvalue weighted by molar-refractivity contribution is 5.48. The number of rotatable bonds is 1. The molecule has 15 heavy (non-hydrogen) atoms. The van der Waals surface area contributed by atoms with Crippen molar-refractivity contribution in [2.45, 2.75) is 19.4 Å². The van der Waals surface area contributed by atoms with Crippen molar-refractivity contribution in [3.05, 3.63) is 18.3 Å². The third-order valence-electron chi connectivity index (χ3n) is 2.59. The van der Waals surface area contributed by atoms with Crippen molar-refractivity contribution >= 4 is 11.5 Å². The van der Waals surface area contributed by atoms with Gasteiger partial charge in [0.25, 0.3) is 0 Å². The summed E-state index contributed by atoms with van der Waals surface area (Å²) >= 11 is 0. The summed E-state index contributed by atoms with van der Waals surface area (Å²) in [6, 6.07) is 3.85. The lowest BCUT2D eigenvalue weighted by Crippen LogP contribution is -2.30. The van der Waals surface area contributed by atoms with E-state index in [2.05, 4.69) is 16.8 Å². The Morgan fingerprint density at radius 1 is 1.53 bits per heavy atom. The summed E-state index contributed by atoms with van der Waals surface area (Å²) in [5, 5.41) is 0. The number of hydrogen-bond donors (Lipinski definition) is 1. The Labute approximate surface area is 90.0 Å². The van der Waals surface area contributed by atoms with Crippen LogP contribution in [0, 0.1) is 0 Å². The number of nitrogen functional groups attached to an aromatic ring is 1. The van der Waals surface area contributed by atoms with Gasteiger partial charge in [-0.15, -0.1) is 0 Å². The first-order valence-corrected chi connectivity index (χ1v) is 5.34. The fraction of sp³-hybridized carbons (Fsp3) is 0.545. The van der Waals surface area contributed by atoms with Crippen LogP contribution in [0.15, 0.2) is 18.3 Å². The highest BCUT2D eigenvalue weighted by atomic mass is 16.5. The van der Waals surface area contributed by atoms with Crippen molar-refractivity contribution in [1.82, 2.24) is 4.98 Å². The van der Waals surface area contributed by atoms with Crippen LogP contribution < -0.4 is 10.6 Å². The van der Waals surface area contributed by atoms with Crippen LogP contribution in [-0.2, 0) is 4.74 Å². The predicted octanol–water partition coefficient (Wildman–Crippen LogP) is 1.28. The number of pyridine rings is 1. The SMILES string of the molecule is CC1CN(c2ccc(N)nc2)CCCO1. The third-order valence-corrected chi connectivity index (χ3v) is 2.59. The van der Waals surface area contributed by atoms with Crippen LogP contribution >= 0.6 is 0 Å². The Morgan fingerprint density at radius 3 is 3.13 bits per heavy atom. The summed E-state index contributed by atoms with van der Waals surface area (Å²) in [6.45, 7) is 4.89. The molecule has 2 rings (SSSR count). The zero-order valence-corrected chi connectivity index (χ0v) is 9.02. The maximum atomic E-state index is 5.59. The number of anilines is 2. The topological polar surface area (TPSA) is 51.4 Å². The highest BCUT2D eigenvalue weighted by Gasteiger charge is 2.15. The van der Waals surface area contributed by atoms with Crippen molar-refractivity contribution in [1.29, 1.82) is 0 Å². The zero-order chi connectivity index (χ0) is 10.7. The Kier molecular flexibility index (Phi) is 3.06. The number of hydrogen-bond acceptors (Lipinski definition) is 4. The molecule has 1 aromatic heterocycles. The molecular formula is C11H17N3O. The molecule has 0 amide bonds. The smallest absolute Gasteiger partial charge is 0.123 e. The summed E-state index contributed by atoms with van der Waals surface area (Å²) in [5.74, 6) is 0.567. The van der Waals surface area contributed by atoms with E-state index in [4.69, 9.17) is 10.5 Å². The number of nitrogens with zero attached hydrogens (tertiary/aromatic N) is 2. The normalized spacial score (nSPS) is 22.5. The molecule has 1 atom stereocenters. The molecule has 0 bridgehead atoms. The molecule has 1 fully saturated rings. The minimum atomic E-state index is 0.282. The standard InChI is InChI=1S/C11H17N3O/c1-9-8-14(5-2-6-15-9)10-3-4-11(12)13-7-10/h3-4,7,9H,2,5-6,8H2,1H3,(H2,12,13). The number of aromatic nitrogens is 1. The molecule has 0 spiro atoms. The molecule has 0 aliphatic carbocycles. The van der Waals surface area contributed by atoms with E-state index in [9.17, 15) is 0 Å². The van der Waals surface area contributed by atoms with Gasteiger partial charge in [0.05, 0.1) is 18.0 Å². The lowest BCUT2D eigenvalue weighted by Gasteiger charge is -2.23. The van der Waals surface area contributed by atoms with Crippen LogP contribution in [0.3, 0.4) is 0 Å². The monoisotopic (exact) mass is 207 g/mol. The van der Waals surface area contributed by atoms with Gasteiger partial charge in [0.1, 0.15) is 5.82 Å². The second-order valence-corrected chi connectivity index (χ2v) is 3.92. The Hall–Kier alpha value is -1.29. The van der Waals surface area contributed by atoms with Gasteiger partial charge in [-0.1, -0.05) is 0 Å². The van der Waals surface area contributed by atoms with Crippen LogP contribution in [0.25, 0.3) is 0 Å². The van der Waals surface area contributed by atoms with Crippen LogP contribution in [-0.4, -0.2) is 30.8 Å². The first-order chi connectivity index (χ1) is 7.25. The second-order valence-electron chi connectivity index (χ2n) is 3.92. The van der Waals surface area contributed by atoms with Crippen LogP contribution in [0.4, 0.5) is 11.5 Å². The van der Waals surface area contributed by atoms with Crippen LogP contribution in [0.5, 0.6) is 0 Å². The maximum Gasteiger partial charge on any atom is 0.123 e. The quantitative estimate of drug-likeness (QED) is 0.753. The fourth-order valence-electron chi connectivity index (χ4n) is 1.81. The van der Waals surface area contributed by atoms with Gasteiger partial charge in [-0.2, -0.15) is 0 Å². The van der Waals surface area contributed by atoms with Crippen LogP contribution in [0.2, 0.25) is 0 Å². The molecule has 4 heteroatoms. The van der Waals surface area contributed by atoms with Gasteiger partial charge in [-0.05, 0) is 25.5 Å². The lowest BCUT2D eigenvalue weighted by atomic mass is 10.3. The summed E-state index contributed by atoms with van der Waals surface area (Å²) in [6.07, 6.45) is 3.17. The third kappa shape index (κ3) is 2.59. The van der Waals surface area contributed by atoms with Crippen molar-refractivity contribution in [3.8, 4) is 0 Å². The summed E-state index contributed by atoms with van der Waals surface area (Å²) in [7, 11) is 0. The van der Waals surface area contributed by atoms with Gasteiger partial charge >= 0.3 is 0 Å². The fourth-order valence-corrected chi connectivity index (χ4v) is 1.81. The average molecular weight is 207 g/mol. The van der Waals surface area contributed by atoms with Crippen molar-refractivity contribution in [2.75, 3.05) is 30.3 Å². The minimum absolute atomic E-state index is 0.282. The molecule has 1 aliphatic rings. The molecule has 0 radical (unpaired) electrons. The molecule has 0 aromatic carbocycles. The van der Waals surface area contributed by atoms with Crippen LogP contribution in [0.1, 0.15) is 13.3 Å². The van der Waals surface area contributed by atoms with Gasteiger partial charge < -0.3 is 15.4 Å². The highest BCUT2D eigenvalue weighted by Crippen LogP contribution is 2.17. The first-order valence-electron chi connectivity index (χ1n) is 5.34. The molecule has 1 unspecified atom stereocenters. The van der Waals surface area contributed by atoms with E-state index >= 15 is 0 Å². The van der Waals surface area contributed by atoms with Gasteiger partial charge in [0, 0.05) is 19.7 Å². The van der Waals surface area contributed by atoms with E-state index < -0.39 is 0 Å². The van der Waals surface area contributed by atoms with E-state index in [0.717, 1.165) is 31.8 Å². The summed E-state index contributed by atoms with van der Waals surface area (Å²) in [4.78, 5) is 6.40. The van der Waals surface area contributed by atoms with Gasteiger partial charge in [-0.25, -0.2) is 4.98 Å². The Bertz CT molecular complexity index is 312. The molecule has 82 valence electrons. The van der Waals surface area contributed by atoms with E-state index in [1.165, 1.54) is 0 Å². The zero-order valence-electron chi connectivity index (χ0n) is 9.02. The largest absolute Gasteiger partial charge is 0.384 e. The van der Waals surface area contributed by atoms with Crippen molar-refractivity contribution in [3.63, 3.8) is 0 Å². The molecule has 4 nitrogen and oxygen atoms in total. The van der Waals surface area contributed by atoms with Gasteiger partial charge in [0.2, 0.25) is 0 Å². The van der Waals surface area contributed by atoms with E-state index in [0.29, 0.717) is 5.82 Å². The maximum absolute atomic E-state index is 5.59. The molecule has 0 saturated carbocycles. The molecular weight excluding hydrogens is 190 g/mol. The van der Waals surface area contributed by atoms with Gasteiger partial charge in [0.15, 0.2) is 0 Å². The molecule has 2 N–H and O–H groups in total. The predicted molar refractivity (Wildman–Crippen MR) is 60.9 cm³/mol. The van der Waals surface area contributed by atoms with E-state index in [-0.39, 0.29) is 6.10 Å². The minimum Gasteiger partial charge on any atom is -0.384 e. The molecule has 1 aromatic rings. The summed E-state index contributed by atoms with van der Waals surface area (Å²) in [5.41, 5.74) is 6.69. The molecule has 1 aliphatic heterocycles. The lowest BCUT2D eigenvalue weighted by molar-refractivity contribution is 0.0821. The van der Waals surface area contributed by atoms with E-state index in [1.54, 1.807) is 0 Å². The van der Waals surface area contributed by atoms with E-state index in [1.807, 2.05) is 18.3 Å². The van der Waals surface area contributed by atoms with Crippen molar-refractivity contribution < 1.29 is 4.74 Å². The van der Waals surface area contributed by atoms with Crippen molar-refractivity contribution in [2.24, 2.45) is 0 Å². The first kappa shape index (κ1) is 10.2. The number of ether oxygens (including phenoxy) is 1. The second kappa shape index (κ2) is 4.49. The van der Waals surface area contributed by atoms with Gasteiger partial charge in [-0.3, -0.25) is 0 Å². The molecule has 1 saturated heterocycles. The average Bonchev–Trinajstić information content (AvgIpc) is 2.44. The molecule has 2 heterocycles.